The van der Waals surface area contributed by atoms with E-state index in [1.54, 1.807) is 0 Å². The predicted octanol–water partition coefficient (Wildman–Crippen LogP) is 12.1. The van der Waals surface area contributed by atoms with Crippen LogP contribution in [0, 0.1) is 13.8 Å². The van der Waals surface area contributed by atoms with Gasteiger partial charge >= 0.3 is 0 Å². The van der Waals surface area contributed by atoms with E-state index >= 15 is 0 Å². The van der Waals surface area contributed by atoms with Crippen LogP contribution in [0.3, 0.4) is 0 Å². The number of benzene rings is 8. The van der Waals surface area contributed by atoms with Crippen LogP contribution in [-0.2, 0) is 0 Å². The largest absolute Gasteiger partial charge is 0.455 e. The van der Waals surface area contributed by atoms with E-state index < -0.39 is 0 Å². The average molecular weight is 549 g/mol. The lowest BCUT2D eigenvalue weighted by atomic mass is 9.86. The Bertz CT molecular complexity index is 2470. The van der Waals surface area contributed by atoms with Gasteiger partial charge in [0.1, 0.15) is 11.2 Å². The highest BCUT2D eigenvalue weighted by Gasteiger charge is 2.21. The molecule has 8 aromatic carbocycles. The molecule has 0 unspecified atom stereocenters. The Kier molecular flexibility index (Phi) is 5.10. The number of para-hydroxylation sites is 1. The van der Waals surface area contributed by atoms with Gasteiger partial charge in [-0.05, 0) is 85.3 Å². The summed E-state index contributed by atoms with van der Waals surface area (Å²) in [6.07, 6.45) is 0. The molecule has 0 aliphatic carbocycles. The minimum atomic E-state index is 0.911. The second-order valence-corrected chi connectivity index (χ2v) is 11.6. The van der Waals surface area contributed by atoms with Gasteiger partial charge < -0.3 is 4.42 Å². The lowest BCUT2D eigenvalue weighted by Gasteiger charge is -2.16. The van der Waals surface area contributed by atoms with Gasteiger partial charge in [0.15, 0.2) is 0 Å². The molecule has 0 bridgehead atoms. The smallest absolute Gasteiger partial charge is 0.143 e. The van der Waals surface area contributed by atoms with Gasteiger partial charge in [0.2, 0.25) is 0 Å². The Morgan fingerprint density at radius 1 is 0.349 bits per heavy atom. The Balaban J connectivity index is 1.44. The van der Waals surface area contributed by atoms with E-state index in [1.807, 2.05) is 0 Å². The zero-order valence-corrected chi connectivity index (χ0v) is 24.1. The zero-order valence-electron chi connectivity index (χ0n) is 24.1. The first-order valence-corrected chi connectivity index (χ1v) is 15.0. The lowest BCUT2D eigenvalue weighted by molar-refractivity contribution is 0.670. The standard InChI is InChI=1S/C42H28O/c1-25-27-13-3-7-17-31(27)39(32-18-8-4-14-28(25)32)35-21-12-24-38-41(35)37-23-11-22-36(42(37)43-38)40-33-19-9-5-15-29(33)26(2)30-16-6-10-20-34(30)40/h3-24H,1-2H3. The van der Waals surface area contributed by atoms with Crippen molar-refractivity contribution in [3.8, 4) is 22.3 Å². The van der Waals surface area contributed by atoms with Crippen LogP contribution in [0.5, 0.6) is 0 Å². The fourth-order valence-electron chi connectivity index (χ4n) is 7.53. The summed E-state index contributed by atoms with van der Waals surface area (Å²) in [5.41, 5.74) is 9.31. The van der Waals surface area contributed by atoms with E-state index in [1.165, 1.54) is 76.3 Å². The molecule has 43 heavy (non-hydrogen) atoms. The van der Waals surface area contributed by atoms with Crippen LogP contribution in [0.15, 0.2) is 138 Å². The summed E-state index contributed by atoms with van der Waals surface area (Å²) < 4.78 is 6.88. The Morgan fingerprint density at radius 2 is 0.721 bits per heavy atom. The molecule has 9 rings (SSSR count). The summed E-state index contributed by atoms with van der Waals surface area (Å²) >= 11 is 0. The molecular formula is C42H28O. The van der Waals surface area contributed by atoms with Crippen molar-refractivity contribution in [2.24, 2.45) is 0 Å². The molecule has 1 heteroatoms. The molecule has 0 saturated heterocycles. The second-order valence-electron chi connectivity index (χ2n) is 11.6. The summed E-state index contributed by atoms with van der Waals surface area (Å²) in [4.78, 5) is 0. The maximum absolute atomic E-state index is 6.88. The van der Waals surface area contributed by atoms with Crippen LogP contribution >= 0.6 is 0 Å². The molecule has 9 aromatic rings. The van der Waals surface area contributed by atoms with Crippen molar-refractivity contribution < 1.29 is 4.42 Å². The van der Waals surface area contributed by atoms with Crippen molar-refractivity contribution in [1.29, 1.82) is 0 Å². The van der Waals surface area contributed by atoms with Crippen molar-refractivity contribution in [2.75, 3.05) is 0 Å². The minimum absolute atomic E-state index is 0.911. The molecular weight excluding hydrogens is 520 g/mol. The van der Waals surface area contributed by atoms with Crippen LogP contribution < -0.4 is 0 Å². The topological polar surface area (TPSA) is 13.1 Å². The minimum Gasteiger partial charge on any atom is -0.455 e. The van der Waals surface area contributed by atoms with Gasteiger partial charge in [-0.15, -0.1) is 0 Å². The van der Waals surface area contributed by atoms with E-state index in [-0.39, 0.29) is 0 Å². The maximum Gasteiger partial charge on any atom is 0.143 e. The lowest BCUT2D eigenvalue weighted by Crippen LogP contribution is -1.90. The highest BCUT2D eigenvalue weighted by molar-refractivity contribution is 6.25. The van der Waals surface area contributed by atoms with Gasteiger partial charge in [-0.25, -0.2) is 0 Å². The SMILES string of the molecule is Cc1c2ccccc2c(-c2cccc3c2oc2cccc(-c4c5ccccc5c(C)c5ccccc45)c23)c2ccccc12. The van der Waals surface area contributed by atoms with Crippen LogP contribution in [0.25, 0.3) is 87.3 Å². The Labute approximate surface area is 249 Å². The number of hydrogen-bond donors (Lipinski definition) is 0. The van der Waals surface area contributed by atoms with Crippen molar-refractivity contribution in [3.05, 3.63) is 145 Å². The van der Waals surface area contributed by atoms with E-state index in [2.05, 4.69) is 147 Å². The summed E-state index contributed by atoms with van der Waals surface area (Å²) in [5.74, 6) is 0. The first-order chi connectivity index (χ1) is 21.2. The van der Waals surface area contributed by atoms with Gasteiger partial charge in [-0.1, -0.05) is 127 Å². The van der Waals surface area contributed by atoms with E-state index in [9.17, 15) is 0 Å². The first kappa shape index (κ1) is 24.2. The molecule has 0 saturated carbocycles. The number of aryl methyl sites for hydroxylation is 2. The molecule has 1 heterocycles. The monoisotopic (exact) mass is 548 g/mol. The molecule has 1 nitrogen and oxygen atoms in total. The molecule has 1 aromatic heterocycles. The van der Waals surface area contributed by atoms with Gasteiger partial charge in [0.25, 0.3) is 0 Å². The maximum atomic E-state index is 6.88. The predicted molar refractivity (Wildman–Crippen MR) is 184 cm³/mol. The van der Waals surface area contributed by atoms with E-state index in [4.69, 9.17) is 4.42 Å². The first-order valence-electron chi connectivity index (χ1n) is 15.0. The van der Waals surface area contributed by atoms with Gasteiger partial charge in [0, 0.05) is 21.9 Å². The summed E-state index contributed by atoms with van der Waals surface area (Å²) in [7, 11) is 0. The summed E-state index contributed by atoms with van der Waals surface area (Å²) in [6.45, 7) is 4.48. The molecule has 0 N–H and O–H groups in total. The number of rotatable bonds is 2. The Morgan fingerprint density at radius 3 is 1.21 bits per heavy atom. The van der Waals surface area contributed by atoms with Crippen LogP contribution in [0.2, 0.25) is 0 Å². The van der Waals surface area contributed by atoms with Crippen molar-refractivity contribution in [1.82, 2.24) is 0 Å². The fraction of sp³-hybridized carbons (Fsp3) is 0.0476. The quantitative estimate of drug-likeness (QED) is 0.196. The van der Waals surface area contributed by atoms with Gasteiger partial charge in [-0.2, -0.15) is 0 Å². The molecule has 0 fully saturated rings. The second kappa shape index (κ2) is 9.05. The molecule has 0 amide bonds. The summed E-state index contributed by atoms with van der Waals surface area (Å²) in [5, 5.41) is 12.5. The van der Waals surface area contributed by atoms with Gasteiger partial charge in [-0.3, -0.25) is 0 Å². The molecule has 0 radical (unpaired) electrons. The van der Waals surface area contributed by atoms with Crippen LogP contribution in [0.1, 0.15) is 11.1 Å². The fourth-order valence-corrected chi connectivity index (χ4v) is 7.53. The Hall–Kier alpha value is -5.40. The zero-order chi connectivity index (χ0) is 28.7. The highest BCUT2D eigenvalue weighted by atomic mass is 16.3. The summed E-state index contributed by atoms with van der Waals surface area (Å²) in [6, 6.07) is 48.3. The third-order valence-corrected chi connectivity index (χ3v) is 9.46. The molecule has 0 aliphatic rings. The molecule has 0 spiro atoms. The molecule has 0 aliphatic heterocycles. The molecule has 202 valence electrons. The van der Waals surface area contributed by atoms with E-state index in [0.29, 0.717) is 0 Å². The van der Waals surface area contributed by atoms with E-state index in [0.717, 1.165) is 22.1 Å². The van der Waals surface area contributed by atoms with Crippen molar-refractivity contribution >= 4 is 65.0 Å². The van der Waals surface area contributed by atoms with Crippen LogP contribution in [-0.4, -0.2) is 0 Å². The average Bonchev–Trinajstić information content (AvgIpc) is 3.45. The molecule has 0 atom stereocenters. The van der Waals surface area contributed by atoms with Crippen molar-refractivity contribution in [3.63, 3.8) is 0 Å². The third kappa shape index (κ3) is 3.34. The van der Waals surface area contributed by atoms with Crippen LogP contribution in [0.4, 0.5) is 0 Å². The number of fused-ring (bicyclic) bond motifs is 7. The normalized spacial score (nSPS) is 12.0. The highest BCUT2D eigenvalue weighted by Crippen LogP contribution is 2.47. The number of furan rings is 1. The van der Waals surface area contributed by atoms with Crippen molar-refractivity contribution in [2.45, 2.75) is 13.8 Å². The number of hydrogen-bond acceptors (Lipinski definition) is 1. The third-order valence-electron chi connectivity index (χ3n) is 9.46. The van der Waals surface area contributed by atoms with Gasteiger partial charge in [0.05, 0.1) is 0 Å².